The molecule has 120 valence electrons. The molecule has 0 atom stereocenters. The fraction of sp³-hybridized carbons (Fsp3) is 0.250. The van der Waals surface area contributed by atoms with Gasteiger partial charge in [0.25, 0.3) is 0 Å². The van der Waals surface area contributed by atoms with Gasteiger partial charge in [0.2, 0.25) is 5.78 Å². The molecule has 0 amide bonds. The van der Waals surface area contributed by atoms with Crippen LogP contribution in [0, 0.1) is 0 Å². The van der Waals surface area contributed by atoms with Gasteiger partial charge in [-0.1, -0.05) is 0 Å². The van der Waals surface area contributed by atoms with E-state index in [0.29, 0.717) is 0 Å². The molecule has 0 saturated carbocycles. The molecule has 0 aliphatic rings. The molecule has 0 heterocycles. The number of hydrogen-bond donors (Lipinski definition) is 7. The lowest BCUT2D eigenvalue weighted by atomic mass is 10.4. The molecule has 0 spiro atoms. The molecular weight excluding hydrogens is 324 g/mol. The smallest absolute Gasteiger partial charge is 0.371 e. The third-order valence-electron chi connectivity index (χ3n) is 1.09. The number of rotatable bonds is 3. The van der Waals surface area contributed by atoms with Gasteiger partial charge in [0, 0.05) is 6.92 Å². The van der Waals surface area contributed by atoms with Gasteiger partial charge in [0.05, 0.1) is 0 Å². The number of carbonyl (C=O) groups excluding carboxylic acids is 1. The van der Waals surface area contributed by atoms with Gasteiger partial charge < -0.3 is 27.1 Å². The van der Waals surface area contributed by atoms with Crippen LogP contribution in [-0.2, 0) is 14.4 Å². The molecule has 0 radical (unpaired) electrons. The highest BCUT2D eigenvalue weighted by Crippen LogP contribution is 1.73. The van der Waals surface area contributed by atoms with Crippen LogP contribution in [-0.4, -0.2) is 43.9 Å². The van der Waals surface area contributed by atoms with Gasteiger partial charge in [-0.2, -0.15) is 5.10 Å². The summed E-state index contributed by atoms with van der Waals surface area (Å²) in [6.45, 7) is 2.33. The number of carboxylic acid groups (broad SMARTS) is 2. The highest BCUT2D eigenvalue weighted by atomic mass is 32.1. The predicted molar refractivity (Wildman–Crippen MR) is 83.1 cm³/mol. The van der Waals surface area contributed by atoms with Crippen molar-refractivity contribution in [2.75, 3.05) is 0 Å². The number of Topliss-reactive ketones (excluding diaryl/α,β-unsaturated/α-hetero) is 1. The number of ketones is 1. The zero-order valence-electron chi connectivity index (χ0n) is 11.1. The van der Waals surface area contributed by atoms with E-state index in [9.17, 15) is 14.4 Å². The van der Waals surface area contributed by atoms with Crippen LogP contribution < -0.4 is 28.2 Å². The molecule has 0 fully saturated rings. The van der Waals surface area contributed by atoms with Crippen molar-refractivity contribution in [3.63, 3.8) is 0 Å². The third kappa shape index (κ3) is 27.0. The molecule has 0 aromatic rings. The van der Waals surface area contributed by atoms with Crippen molar-refractivity contribution in [3.8, 4) is 0 Å². The second kappa shape index (κ2) is 14.0. The number of hydrazine groups is 1. The first-order chi connectivity index (χ1) is 9.45. The number of carboxylic acids is 2. The maximum atomic E-state index is 10.1. The number of hydrazone groups is 1. The van der Waals surface area contributed by atoms with Crippen LogP contribution in [0.15, 0.2) is 5.10 Å². The molecule has 0 aliphatic heterocycles. The first-order valence-electron chi connectivity index (χ1n) is 4.78. The lowest BCUT2D eigenvalue weighted by Gasteiger charge is -1.94. The molecule has 0 bridgehead atoms. The van der Waals surface area contributed by atoms with Crippen LogP contribution in [0.5, 0.6) is 0 Å². The molecule has 0 aliphatic carbocycles. The summed E-state index contributed by atoms with van der Waals surface area (Å²) in [7, 11) is 0. The minimum Gasteiger partial charge on any atom is -0.477 e. The van der Waals surface area contributed by atoms with E-state index in [4.69, 9.17) is 21.7 Å². The summed E-state index contributed by atoms with van der Waals surface area (Å²) in [5.74, 6) is 1.34. The average molecular weight is 340 g/mol. The van der Waals surface area contributed by atoms with Crippen molar-refractivity contribution >= 4 is 58.1 Å². The van der Waals surface area contributed by atoms with Gasteiger partial charge in [-0.3, -0.25) is 10.2 Å². The standard InChI is InChI=1S/C4H7N3O2S.C3H4O3.CH5N3S/c1-2(3(8)9)6-7-4(5)10;1-2(4)3(5)6;2-1(5)4-3/h1H3,(H,8,9)(H3,5,7,10);1H3,(H,5,6);3H2,(H3,2,4,5)/b6-2-;;. The van der Waals surface area contributed by atoms with Crippen molar-refractivity contribution in [2.24, 2.45) is 22.4 Å². The lowest BCUT2D eigenvalue weighted by molar-refractivity contribution is -0.148. The van der Waals surface area contributed by atoms with Crippen LogP contribution >= 0.6 is 24.4 Å². The Morgan fingerprint density at radius 3 is 1.48 bits per heavy atom. The number of nitrogens with zero attached hydrogens (tertiary/aromatic N) is 1. The normalized spacial score (nSPS) is 8.81. The van der Waals surface area contributed by atoms with E-state index in [1.165, 1.54) is 6.92 Å². The fourth-order valence-corrected chi connectivity index (χ4v) is 0.232. The van der Waals surface area contributed by atoms with Crippen molar-refractivity contribution in [2.45, 2.75) is 13.8 Å². The molecule has 0 saturated heterocycles. The Morgan fingerprint density at radius 2 is 1.33 bits per heavy atom. The molecule has 11 nitrogen and oxygen atoms in total. The Labute approximate surface area is 130 Å². The topological polar surface area (TPSA) is 206 Å². The molecule has 0 aromatic carbocycles. The molecule has 21 heavy (non-hydrogen) atoms. The van der Waals surface area contributed by atoms with Gasteiger partial charge in [0.15, 0.2) is 10.2 Å². The zero-order valence-corrected chi connectivity index (χ0v) is 12.7. The largest absolute Gasteiger partial charge is 0.477 e. The summed E-state index contributed by atoms with van der Waals surface area (Å²) in [5.41, 5.74) is 13.8. The number of aliphatic carboxylic acids is 2. The Hall–Kier alpha value is -2.38. The molecule has 0 unspecified atom stereocenters. The minimum atomic E-state index is -1.38. The van der Waals surface area contributed by atoms with E-state index in [1.54, 1.807) is 0 Å². The van der Waals surface area contributed by atoms with Crippen molar-refractivity contribution in [1.29, 1.82) is 0 Å². The van der Waals surface area contributed by atoms with Gasteiger partial charge >= 0.3 is 11.9 Å². The van der Waals surface area contributed by atoms with Crippen LogP contribution in [0.25, 0.3) is 0 Å². The first-order valence-corrected chi connectivity index (χ1v) is 5.60. The number of carbonyl (C=O) groups is 3. The quantitative estimate of drug-likeness (QED) is 0.0946. The second-order valence-electron chi connectivity index (χ2n) is 2.85. The number of nitrogens with one attached hydrogen (secondary N) is 2. The summed E-state index contributed by atoms with van der Waals surface area (Å²) in [6.07, 6.45) is 0. The summed E-state index contributed by atoms with van der Waals surface area (Å²) in [5, 5.41) is 19.3. The zero-order chi connectivity index (χ0) is 17.6. The summed E-state index contributed by atoms with van der Waals surface area (Å²) in [6, 6.07) is 0. The van der Waals surface area contributed by atoms with Crippen molar-refractivity contribution in [3.05, 3.63) is 0 Å². The van der Waals surface area contributed by atoms with Gasteiger partial charge in [-0.25, -0.2) is 15.4 Å². The predicted octanol–water partition coefficient (Wildman–Crippen LogP) is -2.37. The van der Waals surface area contributed by atoms with E-state index in [0.717, 1.165) is 6.92 Å². The maximum Gasteiger partial charge on any atom is 0.371 e. The average Bonchev–Trinajstić information content (AvgIpc) is 2.36. The lowest BCUT2D eigenvalue weighted by Crippen LogP contribution is -2.34. The van der Waals surface area contributed by atoms with Gasteiger partial charge in [-0.15, -0.1) is 0 Å². The van der Waals surface area contributed by atoms with E-state index < -0.39 is 17.7 Å². The summed E-state index contributed by atoms with van der Waals surface area (Å²) < 4.78 is 0. The van der Waals surface area contributed by atoms with Crippen LogP contribution in [0.1, 0.15) is 13.8 Å². The Bertz CT molecular complexity index is 427. The Kier molecular flexibility index (Phi) is 15.8. The molecule has 10 N–H and O–H groups in total. The second-order valence-corrected chi connectivity index (χ2v) is 3.73. The fourth-order valence-electron chi connectivity index (χ4n) is 0.187. The maximum absolute atomic E-state index is 10.1. The Morgan fingerprint density at radius 1 is 1.00 bits per heavy atom. The van der Waals surface area contributed by atoms with E-state index >= 15 is 0 Å². The highest BCUT2D eigenvalue weighted by molar-refractivity contribution is 7.80. The Balaban J connectivity index is -0.000000252. The monoisotopic (exact) mass is 340 g/mol. The minimum absolute atomic E-state index is 0.0550. The van der Waals surface area contributed by atoms with E-state index in [-0.39, 0.29) is 15.9 Å². The third-order valence-corrected chi connectivity index (χ3v) is 1.30. The van der Waals surface area contributed by atoms with Gasteiger partial charge in [-0.05, 0) is 31.4 Å². The van der Waals surface area contributed by atoms with Crippen LogP contribution in [0.2, 0.25) is 0 Å². The molecule has 0 aromatic heterocycles. The number of hydrogen-bond acceptors (Lipinski definition) is 7. The summed E-state index contributed by atoms with van der Waals surface area (Å²) >= 11 is 8.61. The SMILES string of the molecule is C/C(=N/NC(N)=S)C(=O)O.CC(=O)C(=O)O.NNC(N)=S. The van der Waals surface area contributed by atoms with Crippen LogP contribution in [0.3, 0.4) is 0 Å². The molecule has 0 rings (SSSR count). The van der Waals surface area contributed by atoms with E-state index in [2.05, 4.69) is 40.8 Å². The highest BCUT2D eigenvalue weighted by Gasteiger charge is 2.00. The molecule has 13 heteroatoms. The molecular formula is C8H16N6O5S2. The number of nitrogens with two attached hydrogens (primary N) is 3. The summed E-state index contributed by atoms with van der Waals surface area (Å²) in [4.78, 5) is 29.0. The van der Waals surface area contributed by atoms with E-state index in [1.807, 2.05) is 5.43 Å². The number of thiocarbonyl (C=S) groups is 2. The van der Waals surface area contributed by atoms with Crippen molar-refractivity contribution in [1.82, 2.24) is 10.9 Å². The van der Waals surface area contributed by atoms with Crippen molar-refractivity contribution < 1.29 is 24.6 Å². The van der Waals surface area contributed by atoms with Crippen LogP contribution in [0.4, 0.5) is 0 Å². The first kappa shape index (κ1) is 23.7. The van der Waals surface area contributed by atoms with Gasteiger partial charge in [0.1, 0.15) is 5.71 Å².